The van der Waals surface area contributed by atoms with E-state index >= 15 is 0 Å². The molecule has 18 heavy (non-hydrogen) atoms. The highest BCUT2D eigenvalue weighted by molar-refractivity contribution is 7.14. The lowest BCUT2D eigenvalue weighted by Crippen LogP contribution is -1.99. The highest BCUT2D eigenvalue weighted by Gasteiger charge is 2.16. The average molecular weight is 258 g/mol. The van der Waals surface area contributed by atoms with Crippen molar-refractivity contribution in [2.45, 2.75) is 26.6 Å². The Morgan fingerprint density at radius 1 is 1.22 bits per heavy atom. The molecule has 0 N–H and O–H groups in total. The van der Waals surface area contributed by atoms with Crippen molar-refractivity contribution in [1.29, 1.82) is 0 Å². The van der Waals surface area contributed by atoms with Gasteiger partial charge in [-0.3, -0.25) is 4.79 Å². The van der Waals surface area contributed by atoms with Crippen LogP contribution >= 0.6 is 11.3 Å². The van der Waals surface area contributed by atoms with Gasteiger partial charge in [0.25, 0.3) is 0 Å². The minimum Gasteiger partial charge on any atom is -0.372 e. The number of carbonyl (C=O) groups is 1. The van der Waals surface area contributed by atoms with E-state index in [0.29, 0.717) is 13.2 Å². The maximum Gasteiger partial charge on any atom is 0.202 e. The van der Waals surface area contributed by atoms with Gasteiger partial charge in [0.05, 0.1) is 18.1 Å². The summed E-state index contributed by atoms with van der Waals surface area (Å²) in [5.41, 5.74) is 3.11. The van der Waals surface area contributed by atoms with Crippen LogP contribution in [0.5, 0.6) is 0 Å². The number of thiophene rings is 1. The van der Waals surface area contributed by atoms with Gasteiger partial charge in [-0.15, -0.1) is 11.3 Å². The zero-order valence-electron chi connectivity index (χ0n) is 10.2. The lowest BCUT2D eigenvalue weighted by Gasteiger charge is -2.01. The summed E-state index contributed by atoms with van der Waals surface area (Å²) in [6.45, 7) is 3.40. The third kappa shape index (κ3) is 2.00. The lowest BCUT2D eigenvalue weighted by molar-refractivity contribution is 0.104. The number of ketones is 1. The van der Waals surface area contributed by atoms with Gasteiger partial charge in [0.1, 0.15) is 0 Å². The van der Waals surface area contributed by atoms with Gasteiger partial charge in [-0.05, 0) is 35.7 Å². The molecule has 0 aliphatic carbocycles. The number of fused-ring (bicyclic) bond motifs is 1. The Balaban J connectivity index is 1.92. The van der Waals surface area contributed by atoms with Gasteiger partial charge in [0, 0.05) is 10.4 Å². The first-order valence-corrected chi connectivity index (χ1v) is 6.92. The van der Waals surface area contributed by atoms with E-state index in [0.717, 1.165) is 22.4 Å². The third-order valence-corrected chi connectivity index (χ3v) is 4.45. The van der Waals surface area contributed by atoms with Crippen LogP contribution in [0.1, 0.15) is 38.2 Å². The fourth-order valence-electron chi connectivity index (χ4n) is 2.15. The van der Waals surface area contributed by atoms with Gasteiger partial charge in [-0.2, -0.15) is 0 Å². The maximum absolute atomic E-state index is 12.3. The minimum absolute atomic E-state index is 0.120. The number of carbonyl (C=O) groups excluding carboxylic acids is 1. The van der Waals surface area contributed by atoms with Gasteiger partial charge >= 0.3 is 0 Å². The second-order valence-corrected chi connectivity index (χ2v) is 5.59. The largest absolute Gasteiger partial charge is 0.372 e. The SMILES string of the molecule is CCc1ccc(C(=O)c2ccc3c(c2)COC3)s1. The second kappa shape index (κ2) is 4.67. The number of rotatable bonds is 3. The Bertz CT molecular complexity index is 598. The van der Waals surface area contributed by atoms with Gasteiger partial charge in [-0.1, -0.05) is 19.1 Å². The molecule has 0 spiro atoms. The Morgan fingerprint density at radius 2 is 2.06 bits per heavy atom. The molecule has 1 aliphatic rings. The van der Waals surface area contributed by atoms with Crippen molar-refractivity contribution in [3.05, 3.63) is 56.8 Å². The molecule has 0 amide bonds. The van der Waals surface area contributed by atoms with Crippen LogP contribution in [0.2, 0.25) is 0 Å². The molecule has 2 heterocycles. The number of benzene rings is 1. The highest BCUT2D eigenvalue weighted by Crippen LogP contribution is 2.24. The highest BCUT2D eigenvalue weighted by atomic mass is 32.1. The van der Waals surface area contributed by atoms with E-state index in [-0.39, 0.29) is 5.78 Å². The van der Waals surface area contributed by atoms with E-state index in [9.17, 15) is 4.79 Å². The van der Waals surface area contributed by atoms with Crippen LogP contribution in [-0.4, -0.2) is 5.78 Å². The van der Waals surface area contributed by atoms with Gasteiger partial charge < -0.3 is 4.74 Å². The average Bonchev–Trinajstić information content (AvgIpc) is 3.05. The zero-order chi connectivity index (χ0) is 12.5. The van der Waals surface area contributed by atoms with Gasteiger partial charge in [0.15, 0.2) is 0 Å². The quantitative estimate of drug-likeness (QED) is 0.787. The summed E-state index contributed by atoms with van der Waals surface area (Å²) in [5, 5.41) is 0. The molecular formula is C15H14O2S. The van der Waals surface area contributed by atoms with E-state index in [1.165, 1.54) is 10.4 Å². The number of hydrogen-bond acceptors (Lipinski definition) is 3. The molecule has 3 rings (SSSR count). The Morgan fingerprint density at radius 3 is 2.83 bits per heavy atom. The lowest BCUT2D eigenvalue weighted by atomic mass is 10.0. The van der Waals surface area contributed by atoms with E-state index in [1.807, 2.05) is 30.3 Å². The van der Waals surface area contributed by atoms with Crippen LogP contribution in [0, 0.1) is 0 Å². The molecular weight excluding hydrogens is 244 g/mol. The molecule has 2 nitrogen and oxygen atoms in total. The van der Waals surface area contributed by atoms with Crippen LogP contribution in [-0.2, 0) is 24.4 Å². The minimum atomic E-state index is 0.120. The molecule has 92 valence electrons. The zero-order valence-corrected chi connectivity index (χ0v) is 11.0. The second-order valence-electron chi connectivity index (χ2n) is 4.42. The van der Waals surface area contributed by atoms with Crippen LogP contribution in [0.25, 0.3) is 0 Å². The molecule has 0 saturated carbocycles. The van der Waals surface area contributed by atoms with Crippen molar-refractivity contribution in [3.63, 3.8) is 0 Å². The maximum atomic E-state index is 12.3. The summed E-state index contributed by atoms with van der Waals surface area (Å²) in [7, 11) is 0. The molecule has 1 aromatic carbocycles. The predicted molar refractivity (Wildman–Crippen MR) is 72.1 cm³/mol. The van der Waals surface area contributed by atoms with E-state index in [2.05, 4.69) is 6.92 Å². The normalized spacial score (nSPS) is 13.6. The fraction of sp³-hybridized carbons (Fsp3) is 0.267. The molecule has 0 unspecified atom stereocenters. The molecule has 0 atom stereocenters. The monoisotopic (exact) mass is 258 g/mol. The Labute approximate surface area is 110 Å². The first-order valence-electron chi connectivity index (χ1n) is 6.11. The number of aryl methyl sites for hydroxylation is 1. The van der Waals surface area contributed by atoms with Gasteiger partial charge in [-0.25, -0.2) is 0 Å². The number of ether oxygens (including phenoxy) is 1. The molecule has 0 fully saturated rings. The molecule has 0 radical (unpaired) electrons. The third-order valence-electron chi connectivity index (χ3n) is 3.22. The first-order chi connectivity index (χ1) is 8.78. The van der Waals surface area contributed by atoms with Crippen LogP contribution in [0.15, 0.2) is 30.3 Å². The van der Waals surface area contributed by atoms with Crippen molar-refractivity contribution >= 4 is 17.1 Å². The fourth-order valence-corrected chi connectivity index (χ4v) is 3.06. The summed E-state index contributed by atoms with van der Waals surface area (Å²) >= 11 is 1.59. The topological polar surface area (TPSA) is 26.3 Å². The van der Waals surface area contributed by atoms with Crippen molar-refractivity contribution < 1.29 is 9.53 Å². The summed E-state index contributed by atoms with van der Waals surface area (Å²) in [6.07, 6.45) is 0.982. The Hall–Kier alpha value is -1.45. The number of hydrogen-bond donors (Lipinski definition) is 0. The van der Waals surface area contributed by atoms with Crippen molar-refractivity contribution in [1.82, 2.24) is 0 Å². The van der Waals surface area contributed by atoms with Crippen molar-refractivity contribution in [2.75, 3.05) is 0 Å². The molecule has 1 aliphatic heterocycles. The smallest absolute Gasteiger partial charge is 0.202 e. The van der Waals surface area contributed by atoms with E-state index in [1.54, 1.807) is 11.3 Å². The van der Waals surface area contributed by atoms with E-state index in [4.69, 9.17) is 4.74 Å². The van der Waals surface area contributed by atoms with Crippen LogP contribution in [0.3, 0.4) is 0 Å². The summed E-state index contributed by atoms with van der Waals surface area (Å²) in [5.74, 6) is 0.120. The molecule has 3 heteroatoms. The molecule has 1 aromatic heterocycles. The summed E-state index contributed by atoms with van der Waals surface area (Å²) in [4.78, 5) is 14.4. The van der Waals surface area contributed by atoms with Gasteiger partial charge in [0.2, 0.25) is 5.78 Å². The summed E-state index contributed by atoms with van der Waals surface area (Å²) in [6, 6.07) is 9.84. The van der Waals surface area contributed by atoms with E-state index < -0.39 is 0 Å². The predicted octanol–water partition coefficient (Wildman–Crippen LogP) is 3.57. The van der Waals surface area contributed by atoms with Crippen LogP contribution in [0.4, 0.5) is 0 Å². The van der Waals surface area contributed by atoms with Crippen LogP contribution < -0.4 is 0 Å². The molecule has 0 saturated heterocycles. The van der Waals surface area contributed by atoms with Crippen molar-refractivity contribution in [2.24, 2.45) is 0 Å². The molecule has 0 bridgehead atoms. The molecule has 2 aromatic rings. The summed E-state index contributed by atoms with van der Waals surface area (Å²) < 4.78 is 5.37. The van der Waals surface area contributed by atoms with Crippen molar-refractivity contribution in [3.8, 4) is 0 Å². The Kier molecular flexibility index (Phi) is 3.02. The standard InChI is InChI=1S/C15H14O2S/c1-2-13-5-6-14(18-13)15(16)10-3-4-11-8-17-9-12(11)7-10/h3-7H,2,8-9H2,1H3. The first kappa shape index (κ1) is 11.6.